The summed E-state index contributed by atoms with van der Waals surface area (Å²) >= 11 is 0. The molecule has 6 rings (SSSR count). The van der Waals surface area contributed by atoms with Crippen molar-refractivity contribution in [3.8, 4) is 0 Å². The van der Waals surface area contributed by atoms with E-state index in [1.165, 1.54) is 78.3 Å². The van der Waals surface area contributed by atoms with Gasteiger partial charge < -0.3 is 0 Å². The molecule has 0 amide bonds. The molecule has 0 radical (unpaired) electrons. The Hall–Kier alpha value is -2.08. The Morgan fingerprint density at radius 2 is 1.19 bits per heavy atom. The lowest BCUT2D eigenvalue weighted by Crippen LogP contribution is -2.05. The lowest BCUT2D eigenvalue weighted by atomic mass is 9.80. The topological polar surface area (TPSA) is 0 Å². The highest BCUT2D eigenvalue weighted by molar-refractivity contribution is 6.23. The first-order valence-corrected chi connectivity index (χ1v) is 10.6. The van der Waals surface area contributed by atoms with Crippen molar-refractivity contribution in [3.63, 3.8) is 0 Å². The molecule has 0 nitrogen and oxygen atoms in total. The Bertz CT molecular complexity index is 1080. The largest absolute Gasteiger partial charge is 0.0610 e. The van der Waals surface area contributed by atoms with E-state index in [4.69, 9.17) is 0 Å². The van der Waals surface area contributed by atoms with Crippen LogP contribution in [0.15, 0.2) is 48.5 Å². The molecule has 0 unspecified atom stereocenters. The van der Waals surface area contributed by atoms with Gasteiger partial charge in [-0.1, -0.05) is 74.2 Å². The zero-order valence-corrected chi connectivity index (χ0v) is 15.4. The summed E-state index contributed by atoms with van der Waals surface area (Å²) < 4.78 is 0. The quantitative estimate of drug-likeness (QED) is 0.326. The molecule has 0 heterocycles. The van der Waals surface area contributed by atoms with Crippen molar-refractivity contribution in [3.05, 3.63) is 59.7 Å². The predicted octanol–water partition coefficient (Wildman–Crippen LogP) is 7.90. The molecule has 130 valence electrons. The monoisotopic (exact) mass is 338 g/mol. The van der Waals surface area contributed by atoms with E-state index in [9.17, 15) is 0 Å². The van der Waals surface area contributed by atoms with Crippen molar-refractivity contribution >= 4 is 32.3 Å². The van der Waals surface area contributed by atoms with Gasteiger partial charge in [0, 0.05) is 0 Å². The normalized spacial score (nSPS) is 19.5. The summed E-state index contributed by atoms with van der Waals surface area (Å²) in [7, 11) is 0. The molecule has 0 bridgehead atoms. The molecule has 2 aliphatic rings. The fourth-order valence-electron chi connectivity index (χ4n) is 6.10. The Morgan fingerprint density at radius 3 is 1.92 bits per heavy atom. The first kappa shape index (κ1) is 15.0. The van der Waals surface area contributed by atoms with Crippen LogP contribution in [-0.4, -0.2) is 0 Å². The molecule has 4 aromatic rings. The maximum absolute atomic E-state index is 2.60. The first-order valence-electron chi connectivity index (χ1n) is 10.6. The SMILES string of the molecule is c1cc2ccc3cc(C4CCCC4)c(C4CCCC4)c4ccc(c1)c2c34. The summed E-state index contributed by atoms with van der Waals surface area (Å²) in [5, 5.41) is 8.84. The van der Waals surface area contributed by atoms with Gasteiger partial charge in [0.15, 0.2) is 0 Å². The molecule has 2 aliphatic carbocycles. The molecular formula is C26H26. The van der Waals surface area contributed by atoms with Gasteiger partial charge in [0.25, 0.3) is 0 Å². The summed E-state index contributed by atoms with van der Waals surface area (Å²) in [6, 6.07) is 18.9. The van der Waals surface area contributed by atoms with Crippen LogP contribution in [0.3, 0.4) is 0 Å². The maximum atomic E-state index is 2.60. The average Bonchev–Trinajstić information content (AvgIpc) is 3.39. The Kier molecular flexibility index (Phi) is 3.30. The Labute approximate surface area is 155 Å². The van der Waals surface area contributed by atoms with E-state index in [0.717, 1.165) is 11.8 Å². The molecule has 0 saturated heterocycles. The van der Waals surface area contributed by atoms with Gasteiger partial charge in [-0.25, -0.2) is 0 Å². The summed E-state index contributed by atoms with van der Waals surface area (Å²) in [6.07, 6.45) is 11.2. The Balaban J connectivity index is 1.75. The highest BCUT2D eigenvalue weighted by atomic mass is 14.3. The van der Waals surface area contributed by atoms with E-state index in [1.807, 2.05) is 0 Å². The third-order valence-corrected chi connectivity index (χ3v) is 7.28. The van der Waals surface area contributed by atoms with Crippen LogP contribution in [0.2, 0.25) is 0 Å². The van der Waals surface area contributed by atoms with Crippen LogP contribution in [0.5, 0.6) is 0 Å². The van der Waals surface area contributed by atoms with Gasteiger partial charge in [-0.3, -0.25) is 0 Å². The van der Waals surface area contributed by atoms with E-state index >= 15 is 0 Å². The van der Waals surface area contributed by atoms with Gasteiger partial charge in [0.05, 0.1) is 0 Å². The molecule has 0 aromatic heterocycles. The Morgan fingerprint density at radius 1 is 0.577 bits per heavy atom. The fourth-order valence-corrected chi connectivity index (χ4v) is 6.10. The second-order valence-electron chi connectivity index (χ2n) is 8.70. The minimum absolute atomic E-state index is 0.787. The molecule has 2 fully saturated rings. The van der Waals surface area contributed by atoms with Gasteiger partial charge in [0.1, 0.15) is 0 Å². The number of rotatable bonds is 2. The van der Waals surface area contributed by atoms with E-state index in [-0.39, 0.29) is 0 Å². The maximum Gasteiger partial charge on any atom is -0.00237 e. The molecule has 2 saturated carbocycles. The summed E-state index contributed by atoms with van der Waals surface area (Å²) in [4.78, 5) is 0. The average molecular weight is 338 g/mol. The lowest BCUT2D eigenvalue weighted by Gasteiger charge is -2.24. The molecule has 0 heteroatoms. The standard InChI is InChI=1S/C26H26/c1-2-7-17(6-1)23-16-21-13-12-19-10-5-11-20-14-15-22(26(21)24(19)20)25(23)18-8-3-4-9-18/h5,10-18H,1-4,6-9H2. The van der Waals surface area contributed by atoms with Crippen molar-refractivity contribution in [2.75, 3.05) is 0 Å². The van der Waals surface area contributed by atoms with Crippen molar-refractivity contribution in [2.24, 2.45) is 0 Å². The van der Waals surface area contributed by atoms with Gasteiger partial charge in [-0.05, 0) is 81.0 Å². The van der Waals surface area contributed by atoms with Gasteiger partial charge in [-0.15, -0.1) is 0 Å². The number of hydrogen-bond donors (Lipinski definition) is 0. The van der Waals surface area contributed by atoms with Crippen LogP contribution in [0.4, 0.5) is 0 Å². The number of benzene rings is 4. The third kappa shape index (κ3) is 2.08. The number of hydrogen-bond acceptors (Lipinski definition) is 0. The van der Waals surface area contributed by atoms with Crippen LogP contribution in [0.1, 0.15) is 74.3 Å². The van der Waals surface area contributed by atoms with Crippen LogP contribution < -0.4 is 0 Å². The van der Waals surface area contributed by atoms with Crippen LogP contribution in [-0.2, 0) is 0 Å². The van der Waals surface area contributed by atoms with Gasteiger partial charge in [0.2, 0.25) is 0 Å². The second kappa shape index (κ2) is 5.71. The highest BCUT2D eigenvalue weighted by Crippen LogP contribution is 2.48. The minimum atomic E-state index is 0.787. The molecule has 0 N–H and O–H groups in total. The zero-order valence-electron chi connectivity index (χ0n) is 15.4. The summed E-state index contributed by atoms with van der Waals surface area (Å²) in [5.41, 5.74) is 3.44. The minimum Gasteiger partial charge on any atom is -0.0610 e. The van der Waals surface area contributed by atoms with Gasteiger partial charge in [-0.2, -0.15) is 0 Å². The predicted molar refractivity (Wildman–Crippen MR) is 113 cm³/mol. The molecule has 0 spiro atoms. The third-order valence-electron chi connectivity index (χ3n) is 7.28. The van der Waals surface area contributed by atoms with Crippen molar-refractivity contribution in [1.82, 2.24) is 0 Å². The first-order chi connectivity index (χ1) is 12.9. The fraction of sp³-hybridized carbons (Fsp3) is 0.385. The van der Waals surface area contributed by atoms with E-state index < -0.39 is 0 Å². The zero-order chi connectivity index (χ0) is 17.1. The summed E-state index contributed by atoms with van der Waals surface area (Å²) in [6.45, 7) is 0. The van der Waals surface area contributed by atoms with E-state index in [0.29, 0.717) is 0 Å². The van der Waals surface area contributed by atoms with Crippen molar-refractivity contribution in [2.45, 2.75) is 63.2 Å². The van der Waals surface area contributed by atoms with Crippen LogP contribution in [0, 0.1) is 0 Å². The summed E-state index contributed by atoms with van der Waals surface area (Å²) in [5.74, 6) is 1.59. The molecule has 26 heavy (non-hydrogen) atoms. The molecule has 0 atom stereocenters. The van der Waals surface area contributed by atoms with Crippen LogP contribution >= 0.6 is 0 Å². The smallest absolute Gasteiger partial charge is 0.00237 e. The molecule has 4 aromatic carbocycles. The second-order valence-corrected chi connectivity index (χ2v) is 8.70. The van der Waals surface area contributed by atoms with Gasteiger partial charge >= 0.3 is 0 Å². The van der Waals surface area contributed by atoms with Crippen LogP contribution in [0.25, 0.3) is 32.3 Å². The molecular weight excluding hydrogens is 312 g/mol. The molecule has 0 aliphatic heterocycles. The highest BCUT2D eigenvalue weighted by Gasteiger charge is 2.28. The van der Waals surface area contributed by atoms with Crippen molar-refractivity contribution in [1.29, 1.82) is 0 Å². The lowest BCUT2D eigenvalue weighted by molar-refractivity contribution is 0.670. The van der Waals surface area contributed by atoms with E-state index in [2.05, 4.69) is 48.5 Å². The van der Waals surface area contributed by atoms with Crippen molar-refractivity contribution < 1.29 is 0 Å². The van der Waals surface area contributed by atoms with E-state index in [1.54, 1.807) is 16.5 Å².